The van der Waals surface area contributed by atoms with E-state index in [1.54, 1.807) is 36.4 Å². The molecule has 4 heteroatoms. The zero-order chi connectivity index (χ0) is 20.4. The van der Waals surface area contributed by atoms with Gasteiger partial charge in [0, 0.05) is 27.6 Å². The van der Waals surface area contributed by atoms with E-state index in [2.05, 4.69) is 18.8 Å². The monoisotopic (exact) mass is 396 g/mol. The molecule has 0 saturated heterocycles. The molecule has 2 aromatic carbocycles. The highest BCUT2D eigenvalue weighted by molar-refractivity contribution is 6.30. The Morgan fingerprint density at radius 2 is 1.50 bits per heavy atom. The van der Waals surface area contributed by atoms with Gasteiger partial charge in [0.05, 0.1) is 6.42 Å². The summed E-state index contributed by atoms with van der Waals surface area (Å²) in [6.07, 6.45) is 4.61. The normalized spacial score (nSPS) is 11.4. The Morgan fingerprint density at radius 3 is 2.04 bits per heavy atom. The van der Waals surface area contributed by atoms with E-state index >= 15 is 0 Å². The Balaban J connectivity index is 2.05. The number of aliphatic carboxylic acids is 1. The minimum atomic E-state index is -0.931. The topological polar surface area (TPSA) is 54.4 Å². The van der Waals surface area contributed by atoms with Crippen LogP contribution in [0.1, 0.15) is 66.9 Å². The molecule has 0 radical (unpaired) electrons. The molecule has 0 fully saturated rings. The maximum absolute atomic E-state index is 12.8. The maximum atomic E-state index is 12.8. The standard InChI is InChI=1S/C24H25ClO3/c1-2-3-4-5-6-21(17-23(26)27)24(28)20-13-9-18(10-14-20)7-8-19-11-15-22(25)16-12-19/h9-16,21H,2-6,17H2,1H3,(H,26,27)/t21-/m1/s1. The van der Waals surface area contributed by atoms with Crippen LogP contribution in [0, 0.1) is 17.8 Å². The predicted molar refractivity (Wildman–Crippen MR) is 113 cm³/mol. The van der Waals surface area contributed by atoms with Gasteiger partial charge in [0.25, 0.3) is 0 Å². The van der Waals surface area contributed by atoms with Crippen molar-refractivity contribution >= 4 is 23.4 Å². The van der Waals surface area contributed by atoms with Gasteiger partial charge in [-0.3, -0.25) is 9.59 Å². The Morgan fingerprint density at radius 1 is 0.929 bits per heavy atom. The SMILES string of the molecule is CCCCCC[C@H](CC(=O)O)C(=O)c1ccc(C#Cc2ccc(Cl)cc2)cc1. The molecule has 0 bridgehead atoms. The number of hydrogen-bond acceptors (Lipinski definition) is 2. The highest BCUT2D eigenvalue weighted by Gasteiger charge is 2.22. The van der Waals surface area contributed by atoms with E-state index in [-0.39, 0.29) is 12.2 Å². The number of Topliss-reactive ketones (excluding diaryl/α,β-unsaturated/α-hetero) is 1. The highest BCUT2D eigenvalue weighted by atomic mass is 35.5. The zero-order valence-electron chi connectivity index (χ0n) is 16.1. The molecule has 0 unspecified atom stereocenters. The second-order valence-corrected chi connectivity index (χ2v) is 7.28. The third kappa shape index (κ3) is 7.21. The average Bonchev–Trinajstić information content (AvgIpc) is 2.69. The summed E-state index contributed by atoms with van der Waals surface area (Å²) in [6.45, 7) is 2.12. The Bertz CT molecular complexity index is 842. The van der Waals surface area contributed by atoms with Gasteiger partial charge in [-0.05, 0) is 42.8 Å². The van der Waals surface area contributed by atoms with E-state index in [0.29, 0.717) is 17.0 Å². The second kappa shape index (κ2) is 11.3. The summed E-state index contributed by atoms with van der Waals surface area (Å²) >= 11 is 5.86. The van der Waals surface area contributed by atoms with Gasteiger partial charge < -0.3 is 5.11 Å². The lowest BCUT2D eigenvalue weighted by Gasteiger charge is -2.14. The van der Waals surface area contributed by atoms with E-state index in [1.807, 2.05) is 12.1 Å². The predicted octanol–water partition coefficient (Wildman–Crippen LogP) is 5.98. The second-order valence-electron chi connectivity index (χ2n) is 6.84. The molecule has 0 spiro atoms. The van der Waals surface area contributed by atoms with Gasteiger partial charge >= 0.3 is 5.97 Å². The number of rotatable bonds is 9. The van der Waals surface area contributed by atoms with Gasteiger partial charge in [0.1, 0.15) is 0 Å². The average molecular weight is 397 g/mol. The molecule has 2 rings (SSSR count). The molecule has 0 heterocycles. The van der Waals surface area contributed by atoms with Gasteiger partial charge in [-0.1, -0.05) is 68.2 Å². The summed E-state index contributed by atoms with van der Waals surface area (Å²) in [6, 6.07) is 14.3. The Hall–Kier alpha value is -2.57. The fourth-order valence-electron chi connectivity index (χ4n) is 2.99. The van der Waals surface area contributed by atoms with Gasteiger partial charge in [-0.25, -0.2) is 0 Å². The smallest absolute Gasteiger partial charge is 0.304 e. The number of ketones is 1. The van der Waals surface area contributed by atoms with Crippen molar-refractivity contribution in [2.45, 2.75) is 45.4 Å². The minimum absolute atomic E-state index is 0.101. The molecule has 0 aliphatic heterocycles. The van der Waals surface area contributed by atoms with Crippen molar-refractivity contribution in [2.75, 3.05) is 0 Å². The van der Waals surface area contributed by atoms with E-state index in [4.69, 9.17) is 16.7 Å². The van der Waals surface area contributed by atoms with Crippen LogP contribution in [-0.4, -0.2) is 16.9 Å². The fourth-order valence-corrected chi connectivity index (χ4v) is 3.11. The molecule has 0 saturated carbocycles. The third-order valence-electron chi connectivity index (χ3n) is 4.56. The Labute approximate surface area is 171 Å². The quantitative estimate of drug-likeness (QED) is 0.322. The molecule has 0 aromatic heterocycles. The summed E-state index contributed by atoms with van der Waals surface area (Å²) < 4.78 is 0. The molecule has 3 nitrogen and oxygen atoms in total. The van der Waals surface area contributed by atoms with Crippen molar-refractivity contribution in [1.82, 2.24) is 0 Å². The third-order valence-corrected chi connectivity index (χ3v) is 4.81. The van der Waals surface area contributed by atoms with Gasteiger partial charge in [0.15, 0.2) is 5.78 Å². The van der Waals surface area contributed by atoms with Gasteiger partial charge in [-0.2, -0.15) is 0 Å². The molecule has 2 aromatic rings. The van der Waals surface area contributed by atoms with Crippen molar-refractivity contribution < 1.29 is 14.7 Å². The summed E-state index contributed by atoms with van der Waals surface area (Å²) in [7, 11) is 0. The fraction of sp³-hybridized carbons (Fsp3) is 0.333. The molecular formula is C24H25ClO3. The molecule has 1 atom stereocenters. The van der Waals surface area contributed by atoms with Crippen LogP contribution in [0.3, 0.4) is 0 Å². The number of carboxylic acids is 1. The van der Waals surface area contributed by atoms with Crippen LogP contribution in [0.4, 0.5) is 0 Å². The lowest BCUT2D eigenvalue weighted by Crippen LogP contribution is -2.18. The summed E-state index contributed by atoms with van der Waals surface area (Å²) in [5.74, 6) is 4.61. The molecule has 1 N–H and O–H groups in total. The lowest BCUT2D eigenvalue weighted by atomic mass is 9.89. The summed E-state index contributed by atoms with van der Waals surface area (Å²) in [5, 5.41) is 9.81. The molecule has 0 aliphatic carbocycles. The maximum Gasteiger partial charge on any atom is 0.304 e. The van der Waals surface area contributed by atoms with Crippen molar-refractivity contribution in [3.63, 3.8) is 0 Å². The summed E-state index contributed by atoms with van der Waals surface area (Å²) in [4.78, 5) is 23.9. The molecular weight excluding hydrogens is 372 g/mol. The van der Waals surface area contributed by atoms with E-state index in [9.17, 15) is 9.59 Å². The zero-order valence-corrected chi connectivity index (χ0v) is 16.8. The van der Waals surface area contributed by atoms with Crippen LogP contribution in [0.2, 0.25) is 5.02 Å². The van der Waals surface area contributed by atoms with E-state index in [1.165, 1.54) is 0 Å². The van der Waals surface area contributed by atoms with E-state index in [0.717, 1.165) is 36.8 Å². The first kappa shape index (κ1) is 21.7. The van der Waals surface area contributed by atoms with Crippen LogP contribution in [0.5, 0.6) is 0 Å². The molecule has 0 aliphatic rings. The lowest BCUT2D eigenvalue weighted by molar-refractivity contribution is -0.137. The van der Waals surface area contributed by atoms with Crippen molar-refractivity contribution in [1.29, 1.82) is 0 Å². The Kier molecular flexibility index (Phi) is 8.78. The number of carbonyl (C=O) groups is 2. The van der Waals surface area contributed by atoms with Crippen LogP contribution in [-0.2, 0) is 4.79 Å². The summed E-state index contributed by atoms with van der Waals surface area (Å²) in [5.41, 5.74) is 2.20. The number of halogens is 1. The molecule has 28 heavy (non-hydrogen) atoms. The number of carboxylic acid groups (broad SMARTS) is 1. The minimum Gasteiger partial charge on any atom is -0.481 e. The first-order valence-corrected chi connectivity index (χ1v) is 10.0. The van der Waals surface area contributed by atoms with Crippen molar-refractivity contribution in [2.24, 2.45) is 5.92 Å². The first-order valence-electron chi connectivity index (χ1n) is 9.63. The van der Waals surface area contributed by atoms with Crippen LogP contribution in [0.25, 0.3) is 0 Å². The highest BCUT2D eigenvalue weighted by Crippen LogP contribution is 2.20. The first-order chi connectivity index (χ1) is 13.5. The molecule has 146 valence electrons. The van der Waals surface area contributed by atoms with Crippen LogP contribution >= 0.6 is 11.6 Å². The number of unbranched alkanes of at least 4 members (excludes halogenated alkanes) is 3. The van der Waals surface area contributed by atoms with Gasteiger partial charge in [-0.15, -0.1) is 0 Å². The van der Waals surface area contributed by atoms with Gasteiger partial charge in [0.2, 0.25) is 0 Å². The van der Waals surface area contributed by atoms with Crippen LogP contribution < -0.4 is 0 Å². The number of carbonyl (C=O) groups excluding carboxylic acids is 1. The number of benzene rings is 2. The van der Waals surface area contributed by atoms with Crippen LogP contribution in [0.15, 0.2) is 48.5 Å². The van der Waals surface area contributed by atoms with Crippen molar-refractivity contribution in [3.8, 4) is 11.8 Å². The number of hydrogen-bond donors (Lipinski definition) is 1. The molecule has 0 amide bonds. The van der Waals surface area contributed by atoms with E-state index < -0.39 is 11.9 Å². The largest absolute Gasteiger partial charge is 0.481 e. The van der Waals surface area contributed by atoms with Crippen molar-refractivity contribution in [3.05, 3.63) is 70.2 Å².